The number of cyclic esters (lactones) is 1. The van der Waals surface area contributed by atoms with Crippen LogP contribution in [0, 0.1) is 23.5 Å². The van der Waals surface area contributed by atoms with Crippen molar-refractivity contribution < 1.29 is 18.3 Å². The van der Waals surface area contributed by atoms with Crippen LogP contribution in [0.15, 0.2) is 61.2 Å². The first kappa shape index (κ1) is 17.6. The van der Waals surface area contributed by atoms with Gasteiger partial charge in [0.1, 0.15) is 17.7 Å². The number of benzene rings is 1. The van der Waals surface area contributed by atoms with Gasteiger partial charge in [-0.15, -0.1) is 0 Å². The summed E-state index contributed by atoms with van der Waals surface area (Å²) in [5.41, 5.74) is 2.37. The number of ether oxygens (including phenoxy) is 1. The highest BCUT2D eigenvalue weighted by atomic mass is 19.1. The largest absolute Gasteiger partial charge is 0.439 e. The van der Waals surface area contributed by atoms with Crippen molar-refractivity contribution in [2.24, 2.45) is 0 Å². The number of amides is 1. The van der Waals surface area contributed by atoms with Gasteiger partial charge in [0.2, 0.25) is 0 Å². The molecule has 7 heteroatoms. The van der Waals surface area contributed by atoms with E-state index in [2.05, 4.69) is 27.1 Å². The van der Waals surface area contributed by atoms with E-state index in [0.29, 0.717) is 22.3 Å². The minimum Gasteiger partial charge on any atom is -0.439 e. The van der Waals surface area contributed by atoms with E-state index in [-0.39, 0.29) is 5.82 Å². The van der Waals surface area contributed by atoms with E-state index in [9.17, 15) is 13.6 Å². The summed E-state index contributed by atoms with van der Waals surface area (Å²) in [5, 5.41) is 2.74. The van der Waals surface area contributed by atoms with Gasteiger partial charge in [0, 0.05) is 29.7 Å². The van der Waals surface area contributed by atoms with E-state index in [1.54, 1.807) is 30.6 Å². The number of hydrogen-bond acceptors (Lipinski definition) is 4. The van der Waals surface area contributed by atoms with Crippen molar-refractivity contribution in [3.8, 4) is 11.8 Å². The first-order valence-corrected chi connectivity index (χ1v) is 8.38. The van der Waals surface area contributed by atoms with Crippen LogP contribution in [0.25, 0.3) is 0 Å². The van der Waals surface area contributed by atoms with Crippen molar-refractivity contribution in [1.82, 2.24) is 15.3 Å². The van der Waals surface area contributed by atoms with Gasteiger partial charge in [-0.3, -0.25) is 9.97 Å². The van der Waals surface area contributed by atoms with E-state index >= 15 is 0 Å². The van der Waals surface area contributed by atoms with Crippen LogP contribution in [0.4, 0.5) is 13.6 Å². The summed E-state index contributed by atoms with van der Waals surface area (Å²) >= 11 is 0. The van der Waals surface area contributed by atoms with Gasteiger partial charge in [-0.25, -0.2) is 13.6 Å². The zero-order chi connectivity index (χ0) is 19.5. The number of rotatable bonds is 2. The summed E-state index contributed by atoms with van der Waals surface area (Å²) in [6.07, 6.45) is 4.54. The minimum atomic E-state index is -0.620. The molecule has 1 aliphatic rings. The van der Waals surface area contributed by atoms with Crippen LogP contribution in [0.5, 0.6) is 0 Å². The second kappa shape index (κ2) is 7.45. The molecule has 1 aromatic carbocycles. The molecule has 1 saturated heterocycles. The molecule has 28 heavy (non-hydrogen) atoms. The maximum Gasteiger partial charge on any atom is 0.408 e. The SMILES string of the molecule is O=C1NC(c2cncc(C#Cc3cncc(F)c3)c2)C(c2ccc(F)cc2)O1. The highest BCUT2D eigenvalue weighted by Gasteiger charge is 2.36. The van der Waals surface area contributed by atoms with Gasteiger partial charge in [-0.05, 0) is 35.4 Å². The third-order valence-electron chi connectivity index (χ3n) is 4.18. The number of aromatic nitrogens is 2. The molecular weight excluding hydrogens is 364 g/mol. The van der Waals surface area contributed by atoms with E-state index in [1.165, 1.54) is 24.4 Å². The lowest BCUT2D eigenvalue weighted by Gasteiger charge is -2.17. The van der Waals surface area contributed by atoms with Crippen LogP contribution >= 0.6 is 0 Å². The molecule has 1 aliphatic heterocycles. The summed E-state index contributed by atoms with van der Waals surface area (Å²) in [6.45, 7) is 0. The summed E-state index contributed by atoms with van der Waals surface area (Å²) in [7, 11) is 0. The normalized spacial score (nSPS) is 18.0. The molecule has 1 fully saturated rings. The number of pyridine rings is 2. The van der Waals surface area contributed by atoms with Crippen molar-refractivity contribution in [3.05, 3.63) is 95.1 Å². The molecule has 4 rings (SSSR count). The predicted molar refractivity (Wildman–Crippen MR) is 95.9 cm³/mol. The Morgan fingerprint density at radius 2 is 1.54 bits per heavy atom. The molecule has 2 aromatic heterocycles. The third-order valence-corrected chi connectivity index (χ3v) is 4.18. The lowest BCUT2D eigenvalue weighted by Crippen LogP contribution is -2.19. The first-order chi connectivity index (χ1) is 13.6. The maximum atomic E-state index is 13.2. The molecule has 0 spiro atoms. The number of hydrogen-bond donors (Lipinski definition) is 1. The lowest BCUT2D eigenvalue weighted by molar-refractivity contribution is 0.132. The molecule has 3 heterocycles. The molecule has 0 radical (unpaired) electrons. The zero-order valence-corrected chi connectivity index (χ0v) is 14.4. The van der Waals surface area contributed by atoms with Gasteiger partial charge < -0.3 is 10.1 Å². The first-order valence-electron chi connectivity index (χ1n) is 8.38. The average molecular weight is 377 g/mol. The van der Waals surface area contributed by atoms with Crippen LogP contribution in [0.1, 0.15) is 34.4 Å². The summed E-state index contributed by atoms with van der Waals surface area (Å²) < 4.78 is 31.8. The zero-order valence-electron chi connectivity index (χ0n) is 14.4. The molecule has 1 amide bonds. The maximum absolute atomic E-state index is 13.2. The number of nitrogens with zero attached hydrogens (tertiary/aromatic N) is 2. The third kappa shape index (κ3) is 3.81. The molecule has 1 N–H and O–H groups in total. The number of halogens is 2. The molecule has 0 bridgehead atoms. The van der Waals surface area contributed by atoms with Crippen LogP contribution in [-0.2, 0) is 4.74 Å². The molecule has 138 valence electrons. The fourth-order valence-electron chi connectivity index (χ4n) is 2.91. The summed E-state index contributed by atoms with van der Waals surface area (Å²) in [4.78, 5) is 19.7. The number of nitrogens with one attached hydrogen (secondary N) is 1. The van der Waals surface area contributed by atoms with Crippen LogP contribution in [0.2, 0.25) is 0 Å². The van der Waals surface area contributed by atoms with Gasteiger partial charge in [-0.1, -0.05) is 24.0 Å². The minimum absolute atomic E-state index is 0.372. The van der Waals surface area contributed by atoms with E-state index in [4.69, 9.17) is 4.74 Å². The van der Waals surface area contributed by atoms with Crippen molar-refractivity contribution in [1.29, 1.82) is 0 Å². The van der Waals surface area contributed by atoms with E-state index < -0.39 is 24.1 Å². The quantitative estimate of drug-likeness (QED) is 0.692. The standard InChI is InChI=1S/C21H13F2N3O2/c22-17-5-3-15(4-6-17)20-19(26-21(27)28-20)16-7-13(9-24-11-16)1-2-14-8-18(23)12-25-10-14/h3-12,19-20H,(H,26,27). The van der Waals surface area contributed by atoms with Crippen molar-refractivity contribution >= 4 is 6.09 Å². The Morgan fingerprint density at radius 3 is 2.25 bits per heavy atom. The number of carbonyl (C=O) groups excluding carboxylic acids is 1. The highest BCUT2D eigenvalue weighted by Crippen LogP contribution is 2.36. The molecule has 2 unspecified atom stereocenters. The Balaban J connectivity index is 1.63. The van der Waals surface area contributed by atoms with E-state index in [1.807, 2.05) is 0 Å². The molecule has 0 aliphatic carbocycles. The van der Waals surface area contributed by atoms with Gasteiger partial charge in [-0.2, -0.15) is 0 Å². The Hall–Kier alpha value is -3.79. The van der Waals surface area contributed by atoms with Crippen molar-refractivity contribution in [3.63, 3.8) is 0 Å². The summed E-state index contributed by atoms with van der Waals surface area (Å²) in [5.74, 6) is 4.89. The summed E-state index contributed by atoms with van der Waals surface area (Å²) in [6, 6.07) is 8.32. The molecule has 3 aromatic rings. The fraction of sp³-hybridized carbons (Fsp3) is 0.0952. The van der Waals surface area contributed by atoms with Gasteiger partial charge in [0.15, 0.2) is 6.10 Å². The fourth-order valence-corrected chi connectivity index (χ4v) is 2.91. The highest BCUT2D eigenvalue weighted by molar-refractivity contribution is 5.71. The Morgan fingerprint density at radius 1 is 0.857 bits per heavy atom. The van der Waals surface area contributed by atoms with Crippen molar-refractivity contribution in [2.45, 2.75) is 12.1 Å². The molecule has 2 atom stereocenters. The Kier molecular flexibility index (Phi) is 4.68. The van der Waals surface area contributed by atoms with Gasteiger partial charge in [0.05, 0.1) is 6.20 Å². The van der Waals surface area contributed by atoms with Gasteiger partial charge >= 0.3 is 6.09 Å². The van der Waals surface area contributed by atoms with Crippen LogP contribution in [0.3, 0.4) is 0 Å². The topological polar surface area (TPSA) is 64.1 Å². The lowest BCUT2D eigenvalue weighted by atomic mass is 9.97. The molecule has 5 nitrogen and oxygen atoms in total. The van der Waals surface area contributed by atoms with Crippen LogP contribution in [-0.4, -0.2) is 16.1 Å². The monoisotopic (exact) mass is 377 g/mol. The second-order valence-corrected chi connectivity index (χ2v) is 6.15. The Bertz CT molecular complexity index is 1090. The Labute approximate surface area is 159 Å². The number of carbonyl (C=O) groups is 1. The van der Waals surface area contributed by atoms with Crippen LogP contribution < -0.4 is 5.32 Å². The number of alkyl carbamates (subject to hydrolysis) is 1. The predicted octanol–water partition coefficient (Wildman–Crippen LogP) is 3.68. The van der Waals surface area contributed by atoms with E-state index in [0.717, 1.165) is 6.20 Å². The molecule has 0 saturated carbocycles. The smallest absolute Gasteiger partial charge is 0.408 e. The second-order valence-electron chi connectivity index (χ2n) is 6.15. The van der Waals surface area contributed by atoms with Gasteiger partial charge in [0.25, 0.3) is 0 Å². The molecular formula is C21H13F2N3O2. The van der Waals surface area contributed by atoms with Crippen molar-refractivity contribution in [2.75, 3.05) is 0 Å². The average Bonchev–Trinajstić information content (AvgIpc) is 3.09.